The number of hydrogen-bond acceptors (Lipinski definition) is 7. The lowest BCUT2D eigenvalue weighted by Gasteiger charge is -2.31. The minimum Gasteiger partial charge on any atom is -0.466 e. The number of hydrogen-bond donors (Lipinski definition) is 0. The van der Waals surface area contributed by atoms with Crippen molar-refractivity contribution in [2.24, 2.45) is 5.92 Å². The number of fused-ring (bicyclic) bond motifs is 1. The number of ether oxygens (including phenoxy) is 1. The number of thiophene rings is 1. The maximum atomic E-state index is 13.2. The van der Waals surface area contributed by atoms with Gasteiger partial charge < -0.3 is 9.64 Å². The van der Waals surface area contributed by atoms with E-state index in [1.54, 1.807) is 42.2 Å². The molecule has 1 atom stereocenters. The summed E-state index contributed by atoms with van der Waals surface area (Å²) in [5, 5.41) is 2.84. The van der Waals surface area contributed by atoms with Gasteiger partial charge in [-0.2, -0.15) is 0 Å². The molecular weight excluding hydrogens is 470 g/mol. The zero-order valence-electron chi connectivity index (χ0n) is 17.5. The summed E-state index contributed by atoms with van der Waals surface area (Å²) in [5.41, 5.74) is 1.07. The third-order valence-corrected chi connectivity index (χ3v) is 7.32. The highest BCUT2D eigenvalue weighted by Crippen LogP contribution is 2.25. The molecule has 168 valence electrons. The Balaban J connectivity index is 1.56. The van der Waals surface area contributed by atoms with Crippen molar-refractivity contribution in [3.05, 3.63) is 51.1 Å². The van der Waals surface area contributed by atoms with Crippen LogP contribution in [0.1, 0.15) is 19.8 Å². The van der Waals surface area contributed by atoms with E-state index in [0.717, 1.165) is 12.8 Å². The summed E-state index contributed by atoms with van der Waals surface area (Å²) in [5.74, 6) is -0.513. The average Bonchev–Trinajstić information content (AvgIpc) is 3.28. The first kappa shape index (κ1) is 22.8. The van der Waals surface area contributed by atoms with E-state index in [2.05, 4.69) is 4.98 Å². The van der Waals surface area contributed by atoms with Crippen molar-refractivity contribution in [2.45, 2.75) is 24.9 Å². The number of rotatable bonds is 6. The normalized spacial score (nSPS) is 16.3. The fourth-order valence-corrected chi connectivity index (χ4v) is 5.48. The molecule has 1 amide bonds. The molecule has 32 heavy (non-hydrogen) atoms. The molecule has 0 N–H and O–H groups in total. The summed E-state index contributed by atoms with van der Waals surface area (Å²) in [7, 11) is 0. The van der Waals surface area contributed by atoms with Gasteiger partial charge in [0.25, 0.3) is 5.56 Å². The van der Waals surface area contributed by atoms with Gasteiger partial charge in [-0.05, 0) is 55.5 Å². The van der Waals surface area contributed by atoms with Crippen LogP contribution in [0.2, 0.25) is 5.02 Å². The quantitative estimate of drug-likeness (QED) is 0.294. The summed E-state index contributed by atoms with van der Waals surface area (Å²) in [6, 6.07) is 8.74. The van der Waals surface area contributed by atoms with Crippen LogP contribution in [0.4, 0.5) is 0 Å². The summed E-state index contributed by atoms with van der Waals surface area (Å²) < 4.78 is 7.20. The molecule has 1 aliphatic heterocycles. The lowest BCUT2D eigenvalue weighted by Crippen LogP contribution is -2.43. The highest BCUT2D eigenvalue weighted by molar-refractivity contribution is 7.99. The minimum atomic E-state index is -0.287. The topological polar surface area (TPSA) is 81.5 Å². The molecule has 3 heterocycles. The third-order valence-electron chi connectivity index (χ3n) is 5.25. The van der Waals surface area contributed by atoms with E-state index >= 15 is 0 Å². The molecule has 0 spiro atoms. The lowest BCUT2D eigenvalue weighted by molar-refractivity contribution is -0.151. The van der Waals surface area contributed by atoms with Gasteiger partial charge in [-0.25, -0.2) is 4.98 Å². The van der Waals surface area contributed by atoms with E-state index in [1.165, 1.54) is 27.7 Å². The van der Waals surface area contributed by atoms with Gasteiger partial charge in [0.15, 0.2) is 5.16 Å². The zero-order valence-corrected chi connectivity index (χ0v) is 19.8. The molecule has 1 saturated heterocycles. The molecule has 4 rings (SSSR count). The van der Waals surface area contributed by atoms with Crippen molar-refractivity contribution < 1.29 is 14.3 Å². The maximum absolute atomic E-state index is 13.2. The van der Waals surface area contributed by atoms with Crippen LogP contribution in [0, 0.1) is 5.92 Å². The molecule has 1 fully saturated rings. The lowest BCUT2D eigenvalue weighted by atomic mass is 9.98. The predicted octanol–water partition coefficient (Wildman–Crippen LogP) is 3.99. The van der Waals surface area contributed by atoms with Gasteiger partial charge in [-0.1, -0.05) is 23.4 Å². The fourth-order valence-electron chi connectivity index (χ4n) is 3.68. The van der Waals surface area contributed by atoms with E-state index in [0.29, 0.717) is 45.8 Å². The van der Waals surface area contributed by atoms with E-state index in [1.807, 2.05) is 5.38 Å². The van der Waals surface area contributed by atoms with Gasteiger partial charge in [0, 0.05) is 18.1 Å². The van der Waals surface area contributed by atoms with Crippen molar-refractivity contribution in [3.8, 4) is 5.69 Å². The minimum absolute atomic E-state index is 0.0914. The summed E-state index contributed by atoms with van der Waals surface area (Å²) in [4.78, 5) is 44.5. The van der Waals surface area contributed by atoms with E-state index in [-0.39, 0.29) is 29.1 Å². The molecular formula is C22H22ClN3O4S2. The highest BCUT2D eigenvalue weighted by atomic mass is 35.5. The molecule has 0 unspecified atom stereocenters. The predicted molar refractivity (Wildman–Crippen MR) is 127 cm³/mol. The smallest absolute Gasteiger partial charge is 0.310 e. The van der Waals surface area contributed by atoms with Crippen molar-refractivity contribution in [3.63, 3.8) is 0 Å². The molecule has 0 bridgehead atoms. The van der Waals surface area contributed by atoms with Gasteiger partial charge in [0.1, 0.15) is 4.70 Å². The van der Waals surface area contributed by atoms with Crippen LogP contribution in [0.15, 0.2) is 45.7 Å². The number of carbonyl (C=O) groups excluding carboxylic acids is 2. The summed E-state index contributed by atoms with van der Waals surface area (Å²) in [6.45, 7) is 3.07. The number of piperidine rings is 1. The van der Waals surface area contributed by atoms with Crippen LogP contribution in [0.3, 0.4) is 0 Å². The van der Waals surface area contributed by atoms with Gasteiger partial charge in [0.05, 0.1) is 29.5 Å². The Morgan fingerprint density at radius 2 is 2.06 bits per heavy atom. The number of halogens is 1. The number of esters is 1. The Kier molecular flexibility index (Phi) is 7.17. The molecule has 10 heteroatoms. The Morgan fingerprint density at radius 3 is 2.81 bits per heavy atom. The SMILES string of the molecule is CCOC(=O)[C@H]1CCCN(C(=O)CSc2nc3ccsc3c(=O)n2-c2ccc(Cl)cc2)C1. The number of nitrogens with zero attached hydrogens (tertiary/aromatic N) is 3. The zero-order chi connectivity index (χ0) is 22.7. The third kappa shape index (κ3) is 4.84. The summed E-state index contributed by atoms with van der Waals surface area (Å²) in [6.07, 6.45) is 1.48. The van der Waals surface area contributed by atoms with Crippen LogP contribution in [-0.2, 0) is 14.3 Å². The fraction of sp³-hybridized carbons (Fsp3) is 0.364. The van der Waals surface area contributed by atoms with Gasteiger partial charge in [-0.3, -0.25) is 19.0 Å². The second kappa shape index (κ2) is 10.1. The van der Waals surface area contributed by atoms with Crippen molar-refractivity contribution in [2.75, 3.05) is 25.4 Å². The van der Waals surface area contributed by atoms with Gasteiger partial charge in [-0.15, -0.1) is 11.3 Å². The first-order chi connectivity index (χ1) is 15.5. The van der Waals surface area contributed by atoms with Crippen LogP contribution < -0.4 is 5.56 Å². The monoisotopic (exact) mass is 491 g/mol. The Labute approximate surface area is 198 Å². The standard InChI is InChI=1S/C22H22ClN3O4S2/c1-2-30-21(29)14-4-3-10-25(12-14)18(27)13-32-22-24-17-9-11-31-19(17)20(28)26(22)16-7-5-15(23)6-8-16/h5-9,11,14H,2-4,10,12-13H2,1H3/t14-/m0/s1. The van der Waals surface area contributed by atoms with Gasteiger partial charge >= 0.3 is 5.97 Å². The molecule has 1 aliphatic rings. The van der Waals surface area contributed by atoms with E-state index < -0.39 is 0 Å². The number of carbonyl (C=O) groups is 2. The number of amides is 1. The molecule has 1 aromatic carbocycles. The number of aromatic nitrogens is 2. The first-order valence-corrected chi connectivity index (χ1v) is 12.6. The Morgan fingerprint density at radius 1 is 1.28 bits per heavy atom. The second-order valence-electron chi connectivity index (χ2n) is 7.37. The van der Waals surface area contributed by atoms with Crippen molar-refractivity contribution in [1.29, 1.82) is 0 Å². The van der Waals surface area contributed by atoms with Crippen LogP contribution in [-0.4, -0.2) is 51.8 Å². The highest BCUT2D eigenvalue weighted by Gasteiger charge is 2.29. The van der Waals surface area contributed by atoms with Crippen LogP contribution >= 0.6 is 34.7 Å². The van der Waals surface area contributed by atoms with E-state index in [4.69, 9.17) is 16.3 Å². The maximum Gasteiger partial charge on any atom is 0.310 e. The van der Waals surface area contributed by atoms with Crippen molar-refractivity contribution >= 4 is 56.8 Å². The molecule has 7 nitrogen and oxygen atoms in total. The Hall–Kier alpha value is -2.36. The molecule has 0 saturated carbocycles. The van der Waals surface area contributed by atoms with Crippen LogP contribution in [0.5, 0.6) is 0 Å². The number of likely N-dealkylation sites (tertiary alicyclic amines) is 1. The van der Waals surface area contributed by atoms with Crippen LogP contribution in [0.25, 0.3) is 15.9 Å². The molecule has 2 aromatic heterocycles. The largest absolute Gasteiger partial charge is 0.466 e. The van der Waals surface area contributed by atoms with Crippen molar-refractivity contribution in [1.82, 2.24) is 14.5 Å². The number of thioether (sulfide) groups is 1. The average molecular weight is 492 g/mol. The first-order valence-electron chi connectivity index (χ1n) is 10.3. The van der Waals surface area contributed by atoms with Gasteiger partial charge in [0.2, 0.25) is 5.91 Å². The molecule has 3 aromatic rings. The molecule has 0 aliphatic carbocycles. The number of benzene rings is 1. The summed E-state index contributed by atoms with van der Waals surface area (Å²) >= 11 is 8.56. The molecule has 0 radical (unpaired) electrons. The second-order valence-corrected chi connectivity index (χ2v) is 9.66. The van der Waals surface area contributed by atoms with E-state index in [9.17, 15) is 14.4 Å². The Bertz CT molecular complexity index is 1190.